The summed E-state index contributed by atoms with van der Waals surface area (Å²) in [6.07, 6.45) is 2.59. The Balaban J connectivity index is 2.08. The lowest BCUT2D eigenvalue weighted by atomic mass is 10.2. The zero-order valence-electron chi connectivity index (χ0n) is 11.2. The van der Waals surface area contributed by atoms with Gasteiger partial charge in [-0.15, -0.1) is 5.10 Å². The molecule has 1 amide bonds. The molecular weight excluding hydrogens is 441 g/mol. The number of benzene rings is 1. The fraction of sp³-hybridized carbons (Fsp3) is 0.0769. The monoisotopic (exact) mass is 449 g/mol. The molecule has 114 valence electrons. The first-order chi connectivity index (χ1) is 10.5. The minimum atomic E-state index is -0.604. The predicted octanol–water partition coefficient (Wildman–Crippen LogP) is 2.55. The number of esters is 1. The summed E-state index contributed by atoms with van der Waals surface area (Å²) in [6, 6.07) is 5.51. The van der Waals surface area contributed by atoms with E-state index in [1.165, 1.54) is 13.3 Å². The molecule has 1 fully saturated rings. The van der Waals surface area contributed by atoms with Crippen LogP contribution in [0.4, 0.5) is 0 Å². The number of amides is 1. The molecule has 2 rings (SSSR count). The molecule has 0 aromatic heterocycles. The Morgan fingerprint density at radius 2 is 2.27 bits per heavy atom. The van der Waals surface area contributed by atoms with Gasteiger partial charge in [0.15, 0.2) is 5.17 Å². The maximum absolute atomic E-state index is 11.6. The lowest BCUT2D eigenvalue weighted by molar-refractivity contribution is -0.135. The molecule has 0 spiro atoms. The van der Waals surface area contributed by atoms with Gasteiger partial charge in [-0.25, -0.2) is 4.79 Å². The second kappa shape index (κ2) is 7.75. The molecular formula is C13H9ClIN3O3S. The van der Waals surface area contributed by atoms with Crippen molar-refractivity contribution in [3.8, 4) is 0 Å². The zero-order chi connectivity index (χ0) is 16.1. The van der Waals surface area contributed by atoms with E-state index in [0.717, 1.165) is 21.4 Å². The Morgan fingerprint density at radius 1 is 1.50 bits per heavy atom. The van der Waals surface area contributed by atoms with Crippen molar-refractivity contribution in [2.24, 2.45) is 10.2 Å². The molecule has 1 N–H and O–H groups in total. The van der Waals surface area contributed by atoms with Crippen LogP contribution in [0.15, 0.2) is 39.4 Å². The van der Waals surface area contributed by atoms with E-state index in [1.54, 1.807) is 6.07 Å². The molecule has 0 radical (unpaired) electrons. The Labute approximate surface area is 149 Å². The second-order valence-electron chi connectivity index (χ2n) is 3.90. The average molecular weight is 450 g/mol. The lowest BCUT2D eigenvalue weighted by Gasteiger charge is -1.97. The highest BCUT2D eigenvalue weighted by Crippen LogP contribution is 2.23. The third-order valence-corrected chi connectivity index (χ3v) is 4.31. The normalized spacial score (nSPS) is 18.2. The Kier molecular flexibility index (Phi) is 5.98. The third-order valence-electron chi connectivity index (χ3n) is 2.41. The van der Waals surface area contributed by atoms with E-state index in [0.29, 0.717) is 10.6 Å². The quantitative estimate of drug-likeness (QED) is 0.253. The van der Waals surface area contributed by atoms with Crippen molar-refractivity contribution in [1.82, 2.24) is 5.32 Å². The molecule has 0 atom stereocenters. The topological polar surface area (TPSA) is 80.1 Å². The largest absolute Gasteiger partial charge is 0.466 e. The maximum Gasteiger partial charge on any atom is 0.331 e. The van der Waals surface area contributed by atoms with E-state index < -0.39 is 11.9 Å². The van der Waals surface area contributed by atoms with Crippen LogP contribution in [0.5, 0.6) is 0 Å². The summed E-state index contributed by atoms with van der Waals surface area (Å²) in [5.74, 6) is -1.02. The SMILES string of the molecule is COC(=O)/C=C1/S/C(=N\N=Cc2ccc(I)cc2Cl)NC1=O. The first-order valence-corrected chi connectivity index (χ1v) is 8.12. The molecule has 9 heteroatoms. The van der Waals surface area contributed by atoms with Crippen LogP contribution >= 0.6 is 46.0 Å². The first kappa shape index (κ1) is 17.0. The molecule has 1 aromatic rings. The number of carbonyl (C=O) groups excluding carboxylic acids is 2. The first-order valence-electron chi connectivity index (χ1n) is 5.84. The van der Waals surface area contributed by atoms with Crippen molar-refractivity contribution in [1.29, 1.82) is 0 Å². The standard InChI is InChI=1S/C13H9ClIN3O3S/c1-21-11(19)5-10-12(20)17-13(22-10)18-16-6-7-2-3-8(15)4-9(7)14/h2-6H,1H3,(H,17,18,20)/b10-5+,16-6?. The number of nitrogens with one attached hydrogen (secondary N) is 1. The van der Waals surface area contributed by atoms with Gasteiger partial charge in [0, 0.05) is 15.2 Å². The van der Waals surface area contributed by atoms with Crippen LogP contribution in [-0.2, 0) is 14.3 Å². The van der Waals surface area contributed by atoms with Gasteiger partial charge in [-0.2, -0.15) is 5.10 Å². The molecule has 1 aliphatic rings. The van der Waals surface area contributed by atoms with Gasteiger partial charge in [0.1, 0.15) is 0 Å². The number of amidine groups is 1. The van der Waals surface area contributed by atoms with Gasteiger partial charge in [-0.3, -0.25) is 10.1 Å². The second-order valence-corrected chi connectivity index (χ2v) is 6.59. The van der Waals surface area contributed by atoms with Crippen LogP contribution in [0.2, 0.25) is 5.02 Å². The van der Waals surface area contributed by atoms with Crippen molar-refractivity contribution in [2.75, 3.05) is 7.11 Å². The molecule has 0 aliphatic carbocycles. The van der Waals surface area contributed by atoms with Gasteiger partial charge in [-0.05, 0) is 46.5 Å². The van der Waals surface area contributed by atoms with Crippen molar-refractivity contribution < 1.29 is 14.3 Å². The average Bonchev–Trinajstić information content (AvgIpc) is 2.81. The molecule has 0 unspecified atom stereocenters. The van der Waals surface area contributed by atoms with Crippen molar-refractivity contribution in [3.63, 3.8) is 0 Å². The predicted molar refractivity (Wildman–Crippen MR) is 95.0 cm³/mol. The van der Waals surface area contributed by atoms with Gasteiger partial charge in [0.25, 0.3) is 5.91 Å². The summed E-state index contributed by atoms with van der Waals surface area (Å²) in [4.78, 5) is 22.9. The van der Waals surface area contributed by atoms with Crippen molar-refractivity contribution >= 4 is 69.2 Å². The molecule has 1 aliphatic heterocycles. The molecule has 0 bridgehead atoms. The van der Waals surface area contributed by atoms with Gasteiger partial charge >= 0.3 is 5.97 Å². The Morgan fingerprint density at radius 3 is 2.95 bits per heavy atom. The van der Waals surface area contributed by atoms with Crippen molar-refractivity contribution in [3.05, 3.63) is 43.3 Å². The number of thioether (sulfide) groups is 1. The number of rotatable bonds is 3. The smallest absolute Gasteiger partial charge is 0.331 e. The van der Waals surface area contributed by atoms with E-state index in [2.05, 4.69) is 42.8 Å². The summed E-state index contributed by atoms with van der Waals surface area (Å²) < 4.78 is 5.48. The fourth-order valence-corrected chi connectivity index (χ4v) is 3.03. The maximum atomic E-state index is 11.6. The van der Waals surface area contributed by atoms with Crippen LogP contribution in [0.3, 0.4) is 0 Å². The number of halogens is 2. The molecule has 0 saturated carbocycles. The van der Waals surface area contributed by atoms with Gasteiger partial charge in [0.05, 0.1) is 23.3 Å². The highest BCUT2D eigenvalue weighted by atomic mass is 127. The van der Waals surface area contributed by atoms with Gasteiger partial charge in [-0.1, -0.05) is 17.7 Å². The minimum absolute atomic E-state index is 0.202. The lowest BCUT2D eigenvalue weighted by Crippen LogP contribution is -2.19. The van der Waals surface area contributed by atoms with E-state index in [-0.39, 0.29) is 10.1 Å². The summed E-state index contributed by atoms with van der Waals surface area (Å²) in [5, 5.41) is 11.1. The van der Waals surface area contributed by atoms with E-state index in [1.807, 2.05) is 12.1 Å². The van der Waals surface area contributed by atoms with Crippen LogP contribution in [0, 0.1) is 3.57 Å². The highest BCUT2D eigenvalue weighted by molar-refractivity contribution is 14.1. The number of methoxy groups -OCH3 is 1. The molecule has 1 aromatic carbocycles. The van der Waals surface area contributed by atoms with Gasteiger partial charge in [0.2, 0.25) is 0 Å². The number of carbonyl (C=O) groups is 2. The zero-order valence-corrected chi connectivity index (χ0v) is 14.9. The Hall–Kier alpha value is -1.39. The third kappa shape index (κ3) is 4.55. The minimum Gasteiger partial charge on any atom is -0.466 e. The Bertz CT molecular complexity index is 718. The number of ether oxygens (including phenoxy) is 1. The van der Waals surface area contributed by atoms with E-state index in [9.17, 15) is 9.59 Å². The summed E-state index contributed by atoms with van der Waals surface area (Å²) in [5.41, 5.74) is 0.714. The number of hydrogen-bond acceptors (Lipinski definition) is 6. The van der Waals surface area contributed by atoms with Crippen molar-refractivity contribution in [2.45, 2.75) is 0 Å². The molecule has 6 nitrogen and oxygen atoms in total. The van der Waals surface area contributed by atoms with Crippen LogP contribution < -0.4 is 5.32 Å². The van der Waals surface area contributed by atoms with Crippen LogP contribution in [-0.4, -0.2) is 30.4 Å². The summed E-state index contributed by atoms with van der Waals surface area (Å²) in [7, 11) is 1.24. The summed E-state index contributed by atoms with van der Waals surface area (Å²) in [6.45, 7) is 0. The highest BCUT2D eigenvalue weighted by Gasteiger charge is 2.24. The van der Waals surface area contributed by atoms with E-state index in [4.69, 9.17) is 11.6 Å². The fourth-order valence-electron chi connectivity index (χ4n) is 1.39. The van der Waals surface area contributed by atoms with Gasteiger partial charge < -0.3 is 4.74 Å². The number of hydrogen-bond donors (Lipinski definition) is 1. The van der Waals surface area contributed by atoms with Crippen LogP contribution in [0.1, 0.15) is 5.56 Å². The number of nitrogens with zero attached hydrogens (tertiary/aromatic N) is 2. The van der Waals surface area contributed by atoms with Crippen LogP contribution in [0.25, 0.3) is 0 Å². The molecule has 22 heavy (non-hydrogen) atoms. The molecule has 1 heterocycles. The molecule has 1 saturated heterocycles. The van der Waals surface area contributed by atoms with E-state index >= 15 is 0 Å². The summed E-state index contributed by atoms with van der Waals surface area (Å²) >= 11 is 9.23.